The first-order valence-electron chi connectivity index (χ1n) is 11.6. The number of aromatic nitrogens is 2. The molecule has 2 heterocycles. The fourth-order valence-corrected chi connectivity index (χ4v) is 4.37. The Kier molecular flexibility index (Phi) is 6.44. The zero-order valence-electron chi connectivity index (χ0n) is 19.4. The highest BCUT2D eigenvalue weighted by atomic mass is 16.5. The fraction of sp³-hybridized carbons (Fsp3) is 0.259. The molecule has 1 saturated heterocycles. The number of fused-ring (bicyclic) bond motifs is 1. The number of anilines is 1. The van der Waals surface area contributed by atoms with E-state index in [0.717, 1.165) is 54.5 Å². The van der Waals surface area contributed by atoms with Crippen molar-refractivity contribution in [2.45, 2.75) is 13.1 Å². The Balaban J connectivity index is 1.23. The second-order valence-electron chi connectivity index (χ2n) is 8.51. The molecule has 4 aromatic rings. The van der Waals surface area contributed by atoms with Gasteiger partial charge in [-0.25, -0.2) is 9.78 Å². The first-order chi connectivity index (χ1) is 16.7. The summed E-state index contributed by atoms with van der Waals surface area (Å²) in [6.07, 6.45) is 0. The van der Waals surface area contributed by atoms with E-state index in [1.807, 2.05) is 41.3 Å². The monoisotopic (exact) mass is 455 g/mol. The lowest BCUT2D eigenvalue weighted by atomic mass is 10.2. The molecular weight excluding hydrogens is 426 g/mol. The van der Waals surface area contributed by atoms with Crippen LogP contribution in [0.4, 0.5) is 10.5 Å². The summed E-state index contributed by atoms with van der Waals surface area (Å²) in [4.78, 5) is 21.9. The summed E-state index contributed by atoms with van der Waals surface area (Å²) in [6.45, 7) is 4.54. The van der Waals surface area contributed by atoms with Crippen molar-refractivity contribution in [3.8, 4) is 5.75 Å². The zero-order valence-corrected chi connectivity index (χ0v) is 19.4. The molecule has 5 rings (SSSR count). The van der Waals surface area contributed by atoms with Gasteiger partial charge < -0.3 is 19.5 Å². The van der Waals surface area contributed by atoms with Crippen LogP contribution >= 0.6 is 0 Å². The Labute approximate surface area is 199 Å². The Morgan fingerprint density at radius 2 is 1.59 bits per heavy atom. The molecule has 2 amide bonds. The van der Waals surface area contributed by atoms with Crippen LogP contribution < -0.4 is 10.1 Å². The van der Waals surface area contributed by atoms with Crippen LogP contribution in [-0.2, 0) is 13.1 Å². The van der Waals surface area contributed by atoms with Crippen molar-refractivity contribution in [3.63, 3.8) is 0 Å². The van der Waals surface area contributed by atoms with Crippen LogP contribution in [0.2, 0.25) is 0 Å². The van der Waals surface area contributed by atoms with Gasteiger partial charge >= 0.3 is 6.03 Å². The molecule has 1 fully saturated rings. The van der Waals surface area contributed by atoms with Crippen LogP contribution in [-0.4, -0.2) is 58.7 Å². The maximum atomic E-state index is 12.7. The van der Waals surface area contributed by atoms with Crippen LogP contribution in [0, 0.1) is 0 Å². The van der Waals surface area contributed by atoms with Gasteiger partial charge in [-0.1, -0.05) is 42.5 Å². The minimum absolute atomic E-state index is 0.0684. The van der Waals surface area contributed by atoms with Crippen molar-refractivity contribution in [3.05, 3.63) is 90.3 Å². The van der Waals surface area contributed by atoms with E-state index in [4.69, 9.17) is 9.72 Å². The number of imidazole rings is 1. The summed E-state index contributed by atoms with van der Waals surface area (Å²) in [6, 6.07) is 26.1. The lowest BCUT2D eigenvalue weighted by molar-refractivity contribution is 0.140. The van der Waals surface area contributed by atoms with E-state index >= 15 is 0 Å². The molecule has 0 unspecified atom stereocenters. The van der Waals surface area contributed by atoms with Gasteiger partial charge in [0.2, 0.25) is 0 Å². The highest BCUT2D eigenvalue weighted by Gasteiger charge is 2.23. The van der Waals surface area contributed by atoms with Crippen molar-refractivity contribution in [1.29, 1.82) is 0 Å². The van der Waals surface area contributed by atoms with E-state index in [-0.39, 0.29) is 6.03 Å². The molecule has 0 bridgehead atoms. The maximum Gasteiger partial charge on any atom is 0.321 e. The van der Waals surface area contributed by atoms with Crippen LogP contribution in [0.3, 0.4) is 0 Å². The van der Waals surface area contributed by atoms with Crippen molar-refractivity contribution in [2.24, 2.45) is 0 Å². The predicted molar refractivity (Wildman–Crippen MR) is 134 cm³/mol. The van der Waals surface area contributed by atoms with Crippen LogP contribution in [0.5, 0.6) is 5.75 Å². The molecule has 0 radical (unpaired) electrons. The summed E-state index contributed by atoms with van der Waals surface area (Å²) in [7, 11) is 1.63. The Morgan fingerprint density at radius 3 is 2.32 bits per heavy atom. The maximum absolute atomic E-state index is 12.7. The van der Waals surface area contributed by atoms with Gasteiger partial charge in [-0.3, -0.25) is 4.90 Å². The molecule has 0 spiro atoms. The second kappa shape index (κ2) is 9.97. The lowest BCUT2D eigenvalue weighted by Crippen LogP contribution is -2.49. The van der Waals surface area contributed by atoms with Crippen molar-refractivity contribution >= 4 is 22.8 Å². The predicted octanol–water partition coefficient (Wildman–Crippen LogP) is 4.44. The first kappa shape index (κ1) is 22.0. The van der Waals surface area contributed by atoms with E-state index in [9.17, 15) is 4.79 Å². The van der Waals surface area contributed by atoms with Gasteiger partial charge in [0.05, 0.1) is 24.7 Å². The number of ether oxygens (including phenoxy) is 1. The average Bonchev–Trinajstić information content (AvgIpc) is 3.22. The lowest BCUT2D eigenvalue weighted by Gasteiger charge is -2.34. The highest BCUT2D eigenvalue weighted by molar-refractivity contribution is 5.89. The van der Waals surface area contributed by atoms with E-state index in [1.165, 1.54) is 5.56 Å². The molecule has 3 aromatic carbocycles. The number of para-hydroxylation sites is 2. The number of nitrogens with one attached hydrogen (secondary N) is 1. The van der Waals surface area contributed by atoms with Gasteiger partial charge in [-0.2, -0.15) is 0 Å². The number of rotatable bonds is 6. The van der Waals surface area contributed by atoms with Gasteiger partial charge in [-0.05, 0) is 42.0 Å². The third kappa shape index (κ3) is 4.89. The van der Waals surface area contributed by atoms with Gasteiger partial charge in [0.25, 0.3) is 0 Å². The third-order valence-corrected chi connectivity index (χ3v) is 6.28. The molecule has 1 aromatic heterocycles. The number of urea groups is 1. The minimum Gasteiger partial charge on any atom is -0.497 e. The number of carbonyl (C=O) groups is 1. The summed E-state index contributed by atoms with van der Waals surface area (Å²) >= 11 is 0. The molecule has 174 valence electrons. The Morgan fingerprint density at radius 1 is 0.882 bits per heavy atom. The highest BCUT2D eigenvalue weighted by Crippen LogP contribution is 2.20. The van der Waals surface area contributed by atoms with Gasteiger partial charge in [0, 0.05) is 38.4 Å². The Bertz CT molecular complexity index is 1250. The molecule has 7 heteroatoms. The van der Waals surface area contributed by atoms with Gasteiger partial charge in [0.15, 0.2) is 0 Å². The number of hydrogen-bond donors (Lipinski definition) is 1. The molecule has 0 atom stereocenters. The van der Waals surface area contributed by atoms with Gasteiger partial charge in [-0.15, -0.1) is 0 Å². The van der Waals surface area contributed by atoms with Gasteiger partial charge in [0.1, 0.15) is 11.6 Å². The molecule has 34 heavy (non-hydrogen) atoms. The third-order valence-electron chi connectivity index (χ3n) is 6.28. The normalized spacial score (nSPS) is 14.3. The number of piperazine rings is 1. The average molecular weight is 456 g/mol. The fourth-order valence-electron chi connectivity index (χ4n) is 4.37. The standard InChI is InChI=1S/C27H29N5O2/c1-34-23-13-11-22(12-14-23)28-27(33)31-17-15-30(16-18-31)20-26-29-24-9-5-6-10-25(24)32(26)19-21-7-3-2-4-8-21/h2-14H,15-20H2,1H3,(H,28,33). The summed E-state index contributed by atoms with van der Waals surface area (Å²) in [5.41, 5.74) is 4.19. The summed E-state index contributed by atoms with van der Waals surface area (Å²) < 4.78 is 7.49. The Hall–Kier alpha value is -3.84. The van der Waals surface area contributed by atoms with Crippen molar-refractivity contribution in [1.82, 2.24) is 19.4 Å². The second-order valence-corrected chi connectivity index (χ2v) is 8.51. The van der Waals surface area contributed by atoms with E-state index in [0.29, 0.717) is 13.1 Å². The molecule has 7 nitrogen and oxygen atoms in total. The topological polar surface area (TPSA) is 62.6 Å². The molecule has 1 aliphatic rings. The molecular formula is C27H29N5O2. The van der Waals surface area contributed by atoms with Crippen LogP contribution in [0.25, 0.3) is 11.0 Å². The van der Waals surface area contributed by atoms with Crippen molar-refractivity contribution < 1.29 is 9.53 Å². The van der Waals surface area contributed by atoms with Crippen molar-refractivity contribution in [2.75, 3.05) is 38.6 Å². The van der Waals surface area contributed by atoms with E-state index in [1.54, 1.807) is 7.11 Å². The SMILES string of the molecule is COc1ccc(NC(=O)N2CCN(Cc3nc4ccccc4n3Cc3ccccc3)CC2)cc1. The van der Waals surface area contributed by atoms with Crippen LogP contribution in [0.15, 0.2) is 78.9 Å². The summed E-state index contributed by atoms with van der Waals surface area (Å²) in [5.74, 6) is 1.83. The largest absolute Gasteiger partial charge is 0.497 e. The minimum atomic E-state index is -0.0684. The number of hydrogen-bond acceptors (Lipinski definition) is 4. The van der Waals surface area contributed by atoms with E-state index in [2.05, 4.69) is 57.2 Å². The molecule has 0 aliphatic carbocycles. The van der Waals surface area contributed by atoms with E-state index < -0.39 is 0 Å². The first-order valence-corrected chi connectivity index (χ1v) is 11.6. The quantitative estimate of drug-likeness (QED) is 0.467. The van der Waals surface area contributed by atoms with Crippen LogP contribution in [0.1, 0.15) is 11.4 Å². The zero-order chi connectivity index (χ0) is 23.3. The molecule has 1 N–H and O–H groups in total. The molecule has 0 saturated carbocycles. The summed E-state index contributed by atoms with van der Waals surface area (Å²) in [5, 5.41) is 2.98. The smallest absolute Gasteiger partial charge is 0.321 e. The number of nitrogens with zero attached hydrogens (tertiary/aromatic N) is 4. The number of methoxy groups -OCH3 is 1. The number of benzene rings is 3. The number of carbonyl (C=O) groups excluding carboxylic acids is 1. The molecule has 1 aliphatic heterocycles. The number of amides is 2.